The van der Waals surface area contributed by atoms with Crippen molar-refractivity contribution in [2.45, 2.75) is 25.2 Å². The second-order valence-corrected chi connectivity index (χ2v) is 6.68. The monoisotopic (exact) mass is 252 g/mol. The normalized spacial score (nSPS) is 12.1. The van der Waals surface area contributed by atoms with E-state index in [2.05, 4.69) is 6.07 Å². The van der Waals surface area contributed by atoms with Crippen molar-refractivity contribution in [1.29, 1.82) is 5.26 Å². The number of hydrogen-bond acceptors (Lipinski definition) is 4. The average molecular weight is 252 g/mol. The third-order valence-electron chi connectivity index (χ3n) is 2.55. The molecule has 1 aromatic carbocycles. The van der Waals surface area contributed by atoms with Crippen LogP contribution in [0.25, 0.3) is 0 Å². The predicted octanol–water partition coefficient (Wildman–Crippen LogP) is 1.98. The number of sulfone groups is 1. The Morgan fingerprint density at radius 2 is 1.94 bits per heavy atom. The lowest BCUT2D eigenvalue weighted by atomic mass is 9.93. The van der Waals surface area contributed by atoms with Crippen molar-refractivity contribution in [1.82, 2.24) is 0 Å². The minimum absolute atomic E-state index is 0.0677. The summed E-state index contributed by atoms with van der Waals surface area (Å²) >= 11 is 0. The Kier molecular flexibility index (Phi) is 3.79. The number of anilines is 1. The first-order valence-corrected chi connectivity index (χ1v) is 6.92. The molecular formula is C12H16N2O2S. The molecule has 0 aliphatic rings. The zero-order valence-electron chi connectivity index (χ0n) is 9.97. The van der Waals surface area contributed by atoms with Crippen molar-refractivity contribution >= 4 is 15.5 Å². The van der Waals surface area contributed by atoms with Gasteiger partial charge < -0.3 is 5.73 Å². The Bertz CT molecular complexity index is 542. The summed E-state index contributed by atoms with van der Waals surface area (Å²) in [5.41, 5.74) is 5.24. The third-order valence-corrected chi connectivity index (χ3v) is 4.34. The Balaban J connectivity index is 2.92. The van der Waals surface area contributed by atoms with Gasteiger partial charge in [0, 0.05) is 0 Å². The zero-order chi connectivity index (χ0) is 13.1. The second kappa shape index (κ2) is 4.76. The molecule has 0 spiro atoms. The van der Waals surface area contributed by atoms with E-state index >= 15 is 0 Å². The molecule has 0 aliphatic carbocycles. The largest absolute Gasteiger partial charge is 0.398 e. The maximum absolute atomic E-state index is 12.0. The molecule has 0 fully saturated rings. The van der Waals surface area contributed by atoms with E-state index in [1.54, 1.807) is 32.0 Å². The Morgan fingerprint density at radius 3 is 2.47 bits per heavy atom. The molecule has 5 heteroatoms. The summed E-state index contributed by atoms with van der Waals surface area (Å²) in [7, 11) is -3.41. The van der Waals surface area contributed by atoms with E-state index in [1.807, 2.05) is 0 Å². The Labute approximate surface area is 102 Å². The summed E-state index contributed by atoms with van der Waals surface area (Å²) in [6, 6.07) is 8.46. The van der Waals surface area contributed by atoms with Gasteiger partial charge in [0.1, 0.15) is 0 Å². The third kappa shape index (κ3) is 3.46. The molecule has 0 unspecified atom stereocenters. The summed E-state index contributed by atoms with van der Waals surface area (Å²) in [5.74, 6) is -0.0677. The van der Waals surface area contributed by atoms with Gasteiger partial charge in [-0.3, -0.25) is 0 Å². The zero-order valence-corrected chi connectivity index (χ0v) is 10.8. The van der Waals surface area contributed by atoms with Crippen molar-refractivity contribution in [2.24, 2.45) is 5.41 Å². The standard InChI is InChI=1S/C12H16N2O2S/c1-12(2,9-13)7-8-17(15,16)11-6-4-3-5-10(11)14/h3-6H,7-8,14H2,1-2H3. The van der Waals surface area contributed by atoms with Crippen LogP contribution in [0.5, 0.6) is 0 Å². The molecule has 0 amide bonds. The second-order valence-electron chi connectivity index (χ2n) is 4.60. The number of para-hydroxylation sites is 1. The van der Waals surface area contributed by atoms with Crippen LogP contribution in [0.1, 0.15) is 20.3 Å². The number of benzene rings is 1. The number of hydrogen-bond donors (Lipinski definition) is 1. The number of nitriles is 1. The average Bonchev–Trinajstić information content (AvgIpc) is 2.27. The minimum atomic E-state index is -3.41. The van der Waals surface area contributed by atoms with E-state index < -0.39 is 15.3 Å². The van der Waals surface area contributed by atoms with Gasteiger partial charge in [0.05, 0.1) is 27.8 Å². The molecular weight excluding hydrogens is 236 g/mol. The molecule has 0 saturated heterocycles. The van der Waals surface area contributed by atoms with Crippen LogP contribution in [0.2, 0.25) is 0 Å². The highest BCUT2D eigenvalue weighted by molar-refractivity contribution is 7.91. The molecule has 1 aromatic rings. The fourth-order valence-electron chi connectivity index (χ4n) is 1.32. The van der Waals surface area contributed by atoms with Crippen molar-refractivity contribution < 1.29 is 8.42 Å². The van der Waals surface area contributed by atoms with E-state index in [9.17, 15) is 8.42 Å². The van der Waals surface area contributed by atoms with Gasteiger partial charge in [-0.05, 0) is 32.4 Å². The fourth-order valence-corrected chi connectivity index (χ4v) is 3.03. The summed E-state index contributed by atoms with van der Waals surface area (Å²) in [4.78, 5) is 0.147. The molecule has 0 aromatic heterocycles. The van der Waals surface area contributed by atoms with Gasteiger partial charge in [-0.2, -0.15) is 5.26 Å². The van der Waals surface area contributed by atoms with Crippen LogP contribution < -0.4 is 5.73 Å². The maximum Gasteiger partial charge on any atom is 0.180 e. The quantitative estimate of drug-likeness (QED) is 0.830. The van der Waals surface area contributed by atoms with Gasteiger partial charge >= 0.3 is 0 Å². The molecule has 0 heterocycles. The summed E-state index contributed by atoms with van der Waals surface area (Å²) in [6.45, 7) is 3.44. The van der Waals surface area contributed by atoms with E-state index in [0.717, 1.165) is 0 Å². The van der Waals surface area contributed by atoms with E-state index in [4.69, 9.17) is 11.0 Å². The first-order valence-electron chi connectivity index (χ1n) is 5.27. The minimum Gasteiger partial charge on any atom is -0.398 e. The molecule has 17 heavy (non-hydrogen) atoms. The van der Waals surface area contributed by atoms with E-state index in [-0.39, 0.29) is 16.3 Å². The van der Waals surface area contributed by atoms with Gasteiger partial charge in [0.15, 0.2) is 9.84 Å². The number of nitrogens with two attached hydrogens (primary N) is 1. The SMILES string of the molecule is CC(C)(C#N)CCS(=O)(=O)c1ccccc1N. The molecule has 2 N–H and O–H groups in total. The van der Waals surface area contributed by atoms with Gasteiger partial charge in [0.2, 0.25) is 0 Å². The summed E-state index contributed by atoms with van der Waals surface area (Å²) < 4.78 is 24.1. The van der Waals surface area contributed by atoms with Gasteiger partial charge in [-0.15, -0.1) is 0 Å². The van der Waals surface area contributed by atoms with Gasteiger partial charge in [-0.25, -0.2) is 8.42 Å². The van der Waals surface area contributed by atoms with Crippen LogP contribution in [0, 0.1) is 16.7 Å². The Hall–Kier alpha value is -1.54. The highest BCUT2D eigenvalue weighted by Crippen LogP contribution is 2.24. The lowest BCUT2D eigenvalue weighted by molar-refractivity contribution is 0.473. The highest BCUT2D eigenvalue weighted by Gasteiger charge is 2.23. The molecule has 0 aliphatic heterocycles. The molecule has 0 bridgehead atoms. The van der Waals surface area contributed by atoms with Crippen LogP contribution in [-0.2, 0) is 9.84 Å². The number of nitrogens with zero attached hydrogens (tertiary/aromatic N) is 1. The molecule has 4 nitrogen and oxygen atoms in total. The summed E-state index contributed by atoms with van der Waals surface area (Å²) in [6.07, 6.45) is 0.292. The van der Waals surface area contributed by atoms with E-state index in [1.165, 1.54) is 6.07 Å². The van der Waals surface area contributed by atoms with Crippen LogP contribution in [-0.4, -0.2) is 14.2 Å². The number of nitrogen functional groups attached to an aromatic ring is 1. The van der Waals surface area contributed by atoms with Crippen LogP contribution in [0.15, 0.2) is 29.2 Å². The van der Waals surface area contributed by atoms with Crippen LogP contribution >= 0.6 is 0 Å². The van der Waals surface area contributed by atoms with Crippen LogP contribution in [0.4, 0.5) is 5.69 Å². The molecule has 0 atom stereocenters. The van der Waals surface area contributed by atoms with Gasteiger partial charge in [-0.1, -0.05) is 12.1 Å². The summed E-state index contributed by atoms with van der Waals surface area (Å²) in [5, 5.41) is 8.85. The van der Waals surface area contributed by atoms with Crippen LogP contribution in [0.3, 0.4) is 0 Å². The lowest BCUT2D eigenvalue weighted by Crippen LogP contribution is -2.17. The maximum atomic E-state index is 12.0. The topological polar surface area (TPSA) is 84.0 Å². The number of rotatable bonds is 4. The van der Waals surface area contributed by atoms with Crippen molar-refractivity contribution in [2.75, 3.05) is 11.5 Å². The first-order chi connectivity index (χ1) is 7.78. The molecule has 1 rings (SSSR count). The predicted molar refractivity (Wildman–Crippen MR) is 66.9 cm³/mol. The highest BCUT2D eigenvalue weighted by atomic mass is 32.2. The molecule has 0 radical (unpaired) electrons. The first kappa shape index (κ1) is 13.5. The lowest BCUT2D eigenvalue weighted by Gasteiger charge is -2.15. The molecule has 92 valence electrons. The fraction of sp³-hybridized carbons (Fsp3) is 0.417. The van der Waals surface area contributed by atoms with Gasteiger partial charge in [0.25, 0.3) is 0 Å². The molecule has 0 saturated carbocycles. The van der Waals surface area contributed by atoms with E-state index in [0.29, 0.717) is 6.42 Å². The van der Waals surface area contributed by atoms with Crippen molar-refractivity contribution in [3.05, 3.63) is 24.3 Å². The van der Waals surface area contributed by atoms with Crippen molar-refractivity contribution in [3.63, 3.8) is 0 Å². The van der Waals surface area contributed by atoms with Crippen molar-refractivity contribution in [3.8, 4) is 6.07 Å². The Morgan fingerprint density at radius 1 is 1.35 bits per heavy atom. The smallest absolute Gasteiger partial charge is 0.180 e.